The highest BCUT2D eigenvalue weighted by Gasteiger charge is 2.34. The molecule has 2 heterocycles. The second-order valence-corrected chi connectivity index (χ2v) is 8.12. The van der Waals surface area contributed by atoms with Crippen molar-refractivity contribution < 1.29 is 17.9 Å². The van der Waals surface area contributed by atoms with E-state index in [2.05, 4.69) is 5.10 Å². The number of ether oxygens (including phenoxy) is 2. The number of benzene rings is 2. The summed E-state index contributed by atoms with van der Waals surface area (Å²) in [6.45, 7) is 2.20. The molecule has 0 amide bonds. The van der Waals surface area contributed by atoms with E-state index in [9.17, 15) is 8.42 Å². The summed E-state index contributed by atoms with van der Waals surface area (Å²) >= 11 is 0. The highest BCUT2D eigenvalue weighted by Crippen LogP contribution is 2.37. The van der Waals surface area contributed by atoms with Crippen LogP contribution in [-0.4, -0.2) is 31.6 Å². The summed E-state index contributed by atoms with van der Waals surface area (Å²) in [5, 5.41) is 4.40. The number of hydrazone groups is 1. The molecule has 0 N–H and O–H groups in total. The first-order valence-electron chi connectivity index (χ1n) is 7.95. The first kappa shape index (κ1) is 16.0. The summed E-state index contributed by atoms with van der Waals surface area (Å²) in [4.78, 5) is 0. The molecule has 0 spiro atoms. The quantitative estimate of drug-likeness (QED) is 0.846. The Balaban J connectivity index is 1.71. The summed E-state index contributed by atoms with van der Waals surface area (Å²) in [5.74, 6) is 1.35. The van der Waals surface area contributed by atoms with Crippen LogP contribution in [0.4, 0.5) is 0 Å². The van der Waals surface area contributed by atoms with Gasteiger partial charge in [-0.05, 0) is 30.7 Å². The van der Waals surface area contributed by atoms with Gasteiger partial charge >= 0.3 is 0 Å². The van der Waals surface area contributed by atoms with Gasteiger partial charge in [-0.1, -0.05) is 29.8 Å². The topological polar surface area (TPSA) is 68.2 Å². The van der Waals surface area contributed by atoms with Crippen LogP contribution in [0.1, 0.15) is 29.2 Å². The van der Waals surface area contributed by atoms with Crippen LogP contribution < -0.4 is 9.47 Å². The summed E-state index contributed by atoms with van der Waals surface area (Å²) in [6, 6.07) is 13.1. The Labute approximate surface area is 146 Å². The largest absolute Gasteiger partial charge is 0.454 e. The van der Waals surface area contributed by atoms with Gasteiger partial charge in [0.15, 0.2) is 11.5 Å². The zero-order chi connectivity index (χ0) is 17.6. The molecule has 0 aliphatic carbocycles. The van der Waals surface area contributed by atoms with Gasteiger partial charge in [-0.15, -0.1) is 0 Å². The van der Waals surface area contributed by atoms with Crippen LogP contribution in [0, 0.1) is 6.92 Å². The van der Waals surface area contributed by atoms with Gasteiger partial charge < -0.3 is 9.47 Å². The molecule has 7 heteroatoms. The van der Waals surface area contributed by atoms with Crippen molar-refractivity contribution in [3.05, 3.63) is 59.2 Å². The van der Waals surface area contributed by atoms with E-state index in [-0.39, 0.29) is 12.8 Å². The van der Waals surface area contributed by atoms with Crippen molar-refractivity contribution in [1.82, 2.24) is 4.41 Å². The standard InChI is InChI=1S/C18H18N2O4S/c1-12-3-5-13(6-4-12)16-10-15(19-20(16)25(2,21)22)14-7-8-17-18(9-14)24-11-23-17/h3-9,16H,10-11H2,1-2H3/t16-/m1/s1. The van der Waals surface area contributed by atoms with Crippen LogP contribution in [0.2, 0.25) is 0 Å². The van der Waals surface area contributed by atoms with E-state index in [4.69, 9.17) is 9.47 Å². The molecule has 6 nitrogen and oxygen atoms in total. The summed E-state index contributed by atoms with van der Waals surface area (Å²) in [5.41, 5.74) is 3.61. The van der Waals surface area contributed by atoms with Crippen molar-refractivity contribution >= 4 is 15.7 Å². The second-order valence-electron chi connectivity index (χ2n) is 6.28. The molecule has 2 aliphatic rings. The number of aryl methyl sites for hydroxylation is 1. The van der Waals surface area contributed by atoms with Gasteiger partial charge in [0.25, 0.3) is 0 Å². The van der Waals surface area contributed by atoms with E-state index < -0.39 is 10.0 Å². The van der Waals surface area contributed by atoms with Crippen LogP contribution in [0.15, 0.2) is 47.6 Å². The molecule has 0 aromatic heterocycles. The van der Waals surface area contributed by atoms with Gasteiger partial charge in [-0.3, -0.25) is 0 Å². The van der Waals surface area contributed by atoms with Crippen molar-refractivity contribution in [2.75, 3.05) is 13.0 Å². The summed E-state index contributed by atoms with van der Waals surface area (Å²) < 4.78 is 36.4. The first-order chi connectivity index (χ1) is 11.9. The maximum absolute atomic E-state index is 12.2. The average Bonchev–Trinajstić information content (AvgIpc) is 3.21. The van der Waals surface area contributed by atoms with E-state index in [1.54, 1.807) is 0 Å². The summed E-state index contributed by atoms with van der Waals surface area (Å²) in [7, 11) is -3.47. The minimum atomic E-state index is -3.47. The monoisotopic (exact) mass is 358 g/mol. The lowest BCUT2D eigenvalue weighted by Crippen LogP contribution is -2.25. The Morgan fingerprint density at radius 2 is 1.80 bits per heavy atom. The number of rotatable bonds is 3. The Morgan fingerprint density at radius 3 is 2.52 bits per heavy atom. The fraction of sp³-hybridized carbons (Fsp3) is 0.278. The van der Waals surface area contributed by atoms with E-state index in [1.807, 2.05) is 49.4 Å². The van der Waals surface area contributed by atoms with Crippen LogP contribution in [0.25, 0.3) is 0 Å². The number of hydrogen-bond donors (Lipinski definition) is 0. The van der Waals surface area contributed by atoms with Gasteiger partial charge in [-0.25, -0.2) is 8.42 Å². The smallest absolute Gasteiger partial charge is 0.247 e. The van der Waals surface area contributed by atoms with Crippen LogP contribution in [0.5, 0.6) is 11.5 Å². The molecule has 2 aromatic rings. The van der Waals surface area contributed by atoms with Crippen molar-refractivity contribution in [2.24, 2.45) is 5.10 Å². The van der Waals surface area contributed by atoms with Gasteiger partial charge in [0, 0.05) is 12.0 Å². The minimum Gasteiger partial charge on any atom is -0.454 e. The number of sulfonamides is 1. The third kappa shape index (κ3) is 2.95. The summed E-state index contributed by atoms with van der Waals surface area (Å²) in [6.07, 6.45) is 1.69. The third-order valence-corrected chi connectivity index (χ3v) is 5.40. The molecule has 0 saturated heterocycles. The third-order valence-electron chi connectivity index (χ3n) is 4.38. The normalized spacial score (nSPS) is 19.2. The van der Waals surface area contributed by atoms with Gasteiger partial charge in [0.1, 0.15) is 0 Å². The highest BCUT2D eigenvalue weighted by molar-refractivity contribution is 7.88. The Hall–Kier alpha value is -2.54. The molecular weight excluding hydrogens is 340 g/mol. The van der Waals surface area contributed by atoms with Crippen LogP contribution in [0.3, 0.4) is 0 Å². The number of fused-ring (bicyclic) bond motifs is 1. The molecule has 130 valence electrons. The maximum Gasteiger partial charge on any atom is 0.247 e. The Bertz CT molecular complexity index is 952. The van der Waals surface area contributed by atoms with Gasteiger partial charge in [0.05, 0.1) is 18.0 Å². The lowest BCUT2D eigenvalue weighted by atomic mass is 9.98. The lowest BCUT2D eigenvalue weighted by molar-refractivity contribution is 0.174. The van der Waals surface area contributed by atoms with Crippen molar-refractivity contribution in [2.45, 2.75) is 19.4 Å². The molecule has 0 bridgehead atoms. The molecule has 25 heavy (non-hydrogen) atoms. The van der Waals surface area contributed by atoms with Gasteiger partial charge in [-0.2, -0.15) is 9.52 Å². The molecular formula is C18H18N2O4S. The molecule has 0 fully saturated rings. The van der Waals surface area contributed by atoms with Crippen LogP contribution >= 0.6 is 0 Å². The fourth-order valence-electron chi connectivity index (χ4n) is 3.08. The molecule has 4 rings (SSSR count). The maximum atomic E-state index is 12.2. The molecule has 2 aliphatic heterocycles. The highest BCUT2D eigenvalue weighted by atomic mass is 32.2. The zero-order valence-corrected chi connectivity index (χ0v) is 14.8. The SMILES string of the molecule is Cc1ccc([C@H]2CC(c3ccc4c(c3)OCO4)=NN2S(C)(=O)=O)cc1. The van der Waals surface area contributed by atoms with Crippen molar-refractivity contribution in [3.8, 4) is 11.5 Å². The first-order valence-corrected chi connectivity index (χ1v) is 9.80. The fourth-order valence-corrected chi connectivity index (χ4v) is 3.99. The van der Waals surface area contributed by atoms with E-state index in [0.717, 1.165) is 16.7 Å². The van der Waals surface area contributed by atoms with Gasteiger partial charge in [0.2, 0.25) is 16.8 Å². The predicted molar refractivity (Wildman–Crippen MR) is 94.3 cm³/mol. The molecule has 0 saturated carbocycles. The Kier molecular flexibility index (Phi) is 3.68. The number of hydrogen-bond acceptors (Lipinski definition) is 5. The Morgan fingerprint density at radius 1 is 1.08 bits per heavy atom. The van der Waals surface area contributed by atoms with Crippen molar-refractivity contribution in [1.29, 1.82) is 0 Å². The minimum absolute atomic E-state index is 0.201. The molecule has 0 radical (unpaired) electrons. The molecule has 1 atom stereocenters. The van der Waals surface area contributed by atoms with E-state index in [1.165, 1.54) is 10.7 Å². The van der Waals surface area contributed by atoms with E-state index >= 15 is 0 Å². The van der Waals surface area contributed by atoms with Crippen molar-refractivity contribution in [3.63, 3.8) is 0 Å². The molecule has 2 aromatic carbocycles. The van der Waals surface area contributed by atoms with Crippen LogP contribution in [-0.2, 0) is 10.0 Å². The van der Waals surface area contributed by atoms with E-state index in [0.29, 0.717) is 23.6 Å². The lowest BCUT2D eigenvalue weighted by Gasteiger charge is -2.21. The molecule has 0 unspecified atom stereocenters. The zero-order valence-electron chi connectivity index (χ0n) is 14.0. The number of nitrogens with zero attached hydrogens (tertiary/aromatic N) is 2. The predicted octanol–water partition coefficient (Wildman–Crippen LogP) is 2.83. The average molecular weight is 358 g/mol. The second kappa shape index (κ2) is 5.77.